The normalized spacial score (nSPS) is 11.4. The smallest absolute Gasteiger partial charge is 0.339 e. The number of nitrogens with zero attached hydrogens (tertiary/aromatic N) is 1. The van der Waals surface area contributed by atoms with Crippen molar-refractivity contribution in [1.82, 2.24) is 5.43 Å². The molecule has 0 bridgehead atoms. The molecular weight excluding hydrogens is 567 g/mol. The first-order valence-electron chi connectivity index (χ1n) is 9.17. The van der Waals surface area contributed by atoms with Crippen LogP contribution < -0.4 is 14.3 Å². The number of halogens is 2. The SMILES string of the molecule is COc1cc(/C=N\NC(=O)c2cccc(Cl)c2)cc(I)c1OS(=O)(=O)c1ccc(C)cc1. The molecule has 0 saturated carbocycles. The lowest BCUT2D eigenvalue weighted by Crippen LogP contribution is -2.17. The van der Waals surface area contributed by atoms with E-state index in [1.165, 1.54) is 31.5 Å². The Morgan fingerprint density at radius 3 is 2.50 bits per heavy atom. The first kappa shape index (κ1) is 24.0. The number of aryl methyl sites for hydroxylation is 1. The van der Waals surface area contributed by atoms with Gasteiger partial charge in [-0.1, -0.05) is 35.4 Å². The van der Waals surface area contributed by atoms with Gasteiger partial charge in [-0.05, 0) is 77.5 Å². The molecule has 166 valence electrons. The summed E-state index contributed by atoms with van der Waals surface area (Å²) in [6, 6.07) is 16.0. The van der Waals surface area contributed by atoms with Gasteiger partial charge in [0, 0.05) is 10.6 Å². The average molecular weight is 585 g/mol. The Hall–Kier alpha value is -2.63. The fraction of sp³-hybridized carbons (Fsp3) is 0.0909. The Morgan fingerprint density at radius 1 is 1.12 bits per heavy atom. The second-order valence-electron chi connectivity index (χ2n) is 6.59. The van der Waals surface area contributed by atoms with Gasteiger partial charge in [0.1, 0.15) is 4.90 Å². The summed E-state index contributed by atoms with van der Waals surface area (Å²) >= 11 is 7.83. The zero-order valence-electron chi connectivity index (χ0n) is 17.0. The van der Waals surface area contributed by atoms with Crippen molar-refractivity contribution in [2.75, 3.05) is 7.11 Å². The number of nitrogens with one attached hydrogen (secondary N) is 1. The molecule has 3 aromatic rings. The number of methoxy groups -OCH3 is 1. The molecule has 0 atom stereocenters. The molecule has 0 aliphatic rings. The van der Waals surface area contributed by atoms with Crippen molar-refractivity contribution in [3.63, 3.8) is 0 Å². The zero-order valence-corrected chi connectivity index (χ0v) is 20.7. The van der Waals surface area contributed by atoms with E-state index in [-0.39, 0.29) is 16.4 Å². The fourth-order valence-corrected chi connectivity index (χ4v) is 4.65. The summed E-state index contributed by atoms with van der Waals surface area (Å²) in [6.07, 6.45) is 1.41. The van der Waals surface area contributed by atoms with Gasteiger partial charge in [-0.15, -0.1) is 0 Å². The van der Waals surface area contributed by atoms with Crippen molar-refractivity contribution in [3.8, 4) is 11.5 Å². The lowest BCUT2D eigenvalue weighted by molar-refractivity contribution is 0.0955. The summed E-state index contributed by atoms with van der Waals surface area (Å²) in [6.45, 7) is 1.86. The van der Waals surface area contributed by atoms with E-state index in [9.17, 15) is 13.2 Å². The second kappa shape index (κ2) is 10.3. The van der Waals surface area contributed by atoms with Gasteiger partial charge in [-0.25, -0.2) is 5.43 Å². The van der Waals surface area contributed by atoms with E-state index in [4.69, 9.17) is 20.5 Å². The maximum Gasteiger partial charge on any atom is 0.339 e. The highest BCUT2D eigenvalue weighted by Gasteiger charge is 2.21. The van der Waals surface area contributed by atoms with Crippen LogP contribution in [0.5, 0.6) is 11.5 Å². The van der Waals surface area contributed by atoms with E-state index in [1.807, 2.05) is 29.5 Å². The maximum absolute atomic E-state index is 12.7. The van der Waals surface area contributed by atoms with Crippen LogP contribution in [0.25, 0.3) is 0 Å². The highest BCUT2D eigenvalue weighted by atomic mass is 127. The topological polar surface area (TPSA) is 94.1 Å². The van der Waals surface area contributed by atoms with Gasteiger partial charge in [-0.3, -0.25) is 4.79 Å². The number of carbonyl (C=O) groups is 1. The Morgan fingerprint density at radius 2 is 1.84 bits per heavy atom. The maximum atomic E-state index is 12.7. The molecular formula is C22H18ClIN2O5S. The van der Waals surface area contributed by atoms with Crippen molar-refractivity contribution in [2.45, 2.75) is 11.8 Å². The quantitative estimate of drug-likeness (QED) is 0.187. The van der Waals surface area contributed by atoms with Crippen LogP contribution in [0.15, 0.2) is 70.7 Å². The molecule has 3 rings (SSSR count). The molecule has 7 nitrogen and oxygen atoms in total. The van der Waals surface area contributed by atoms with E-state index in [2.05, 4.69) is 10.5 Å². The minimum absolute atomic E-state index is 0.0373. The third-order valence-electron chi connectivity index (χ3n) is 4.22. The Labute approximate surface area is 204 Å². The Kier molecular flexibility index (Phi) is 7.75. The Balaban J connectivity index is 1.79. The van der Waals surface area contributed by atoms with Gasteiger partial charge in [-0.2, -0.15) is 13.5 Å². The first-order chi connectivity index (χ1) is 15.2. The molecule has 0 aromatic heterocycles. The summed E-state index contributed by atoms with van der Waals surface area (Å²) < 4.78 is 36.5. The van der Waals surface area contributed by atoms with Gasteiger partial charge >= 0.3 is 10.1 Å². The summed E-state index contributed by atoms with van der Waals surface area (Å²) in [5, 5.41) is 4.38. The predicted molar refractivity (Wildman–Crippen MR) is 131 cm³/mol. The van der Waals surface area contributed by atoms with Crippen LogP contribution in [-0.2, 0) is 10.1 Å². The first-order valence-corrected chi connectivity index (χ1v) is 12.0. The standard InChI is InChI=1S/C22H18ClIN2O5S/c1-14-6-8-18(9-7-14)32(28,29)31-21-19(24)10-15(11-20(21)30-2)13-25-26-22(27)16-4-3-5-17(23)12-16/h3-13H,1-2H3,(H,26,27)/b25-13-. The lowest BCUT2D eigenvalue weighted by Gasteiger charge is -2.13. The molecule has 10 heteroatoms. The van der Waals surface area contributed by atoms with Gasteiger partial charge in [0.05, 0.1) is 16.9 Å². The number of ether oxygens (including phenoxy) is 1. The van der Waals surface area contributed by atoms with E-state index >= 15 is 0 Å². The predicted octanol–water partition coefficient (Wildman–Crippen LogP) is 4.79. The molecule has 0 aliphatic heterocycles. The number of carbonyl (C=O) groups excluding carboxylic acids is 1. The minimum Gasteiger partial charge on any atom is -0.493 e. The third kappa shape index (κ3) is 5.99. The number of amides is 1. The van der Waals surface area contributed by atoms with Crippen LogP contribution in [0, 0.1) is 10.5 Å². The molecule has 0 spiro atoms. The monoisotopic (exact) mass is 584 g/mol. The van der Waals surface area contributed by atoms with Crippen LogP contribution in [0.4, 0.5) is 0 Å². The summed E-state index contributed by atoms with van der Waals surface area (Å²) in [5.41, 5.74) is 4.28. The van der Waals surface area contributed by atoms with E-state index in [1.54, 1.807) is 42.5 Å². The van der Waals surface area contributed by atoms with E-state index < -0.39 is 16.0 Å². The molecule has 0 heterocycles. The van der Waals surface area contributed by atoms with Crippen molar-refractivity contribution in [3.05, 3.63) is 85.9 Å². The minimum atomic E-state index is -4.05. The van der Waals surface area contributed by atoms with E-state index in [0.717, 1.165) is 5.56 Å². The largest absolute Gasteiger partial charge is 0.493 e. The number of rotatable bonds is 7. The van der Waals surface area contributed by atoms with Gasteiger partial charge in [0.2, 0.25) is 0 Å². The van der Waals surface area contributed by atoms with Gasteiger partial charge in [0.25, 0.3) is 5.91 Å². The molecule has 32 heavy (non-hydrogen) atoms. The van der Waals surface area contributed by atoms with Crippen LogP contribution in [0.1, 0.15) is 21.5 Å². The highest BCUT2D eigenvalue weighted by molar-refractivity contribution is 14.1. The number of hydrogen-bond acceptors (Lipinski definition) is 6. The van der Waals surface area contributed by atoms with Crippen molar-refractivity contribution in [1.29, 1.82) is 0 Å². The third-order valence-corrected chi connectivity index (χ3v) is 6.49. The molecule has 0 aliphatic carbocycles. The highest BCUT2D eigenvalue weighted by Crippen LogP contribution is 2.35. The van der Waals surface area contributed by atoms with Gasteiger partial charge < -0.3 is 8.92 Å². The molecule has 0 unspecified atom stereocenters. The fourth-order valence-electron chi connectivity index (χ4n) is 2.62. The average Bonchev–Trinajstić information content (AvgIpc) is 2.75. The van der Waals surface area contributed by atoms with E-state index in [0.29, 0.717) is 19.7 Å². The lowest BCUT2D eigenvalue weighted by atomic mass is 10.2. The number of benzene rings is 3. The molecule has 1 amide bonds. The van der Waals surface area contributed by atoms with Crippen LogP contribution in [0.3, 0.4) is 0 Å². The van der Waals surface area contributed by atoms with Crippen LogP contribution >= 0.6 is 34.2 Å². The number of hydrogen-bond donors (Lipinski definition) is 1. The number of hydrazone groups is 1. The molecule has 0 fully saturated rings. The van der Waals surface area contributed by atoms with Crippen molar-refractivity contribution in [2.24, 2.45) is 5.10 Å². The second-order valence-corrected chi connectivity index (χ2v) is 9.74. The molecule has 0 saturated heterocycles. The van der Waals surface area contributed by atoms with Crippen molar-refractivity contribution >= 4 is 56.4 Å². The summed E-state index contributed by atoms with van der Waals surface area (Å²) in [5.74, 6) is -0.154. The van der Waals surface area contributed by atoms with Gasteiger partial charge in [0.15, 0.2) is 11.5 Å². The molecule has 3 aromatic carbocycles. The molecule has 0 radical (unpaired) electrons. The summed E-state index contributed by atoms with van der Waals surface area (Å²) in [7, 11) is -2.65. The van der Waals surface area contributed by atoms with Crippen LogP contribution in [0.2, 0.25) is 5.02 Å². The van der Waals surface area contributed by atoms with Crippen LogP contribution in [-0.4, -0.2) is 27.6 Å². The summed E-state index contributed by atoms with van der Waals surface area (Å²) in [4.78, 5) is 12.2. The zero-order chi connectivity index (χ0) is 23.3. The molecule has 1 N–H and O–H groups in total. The Bertz CT molecular complexity index is 1280. The van der Waals surface area contributed by atoms with Crippen molar-refractivity contribution < 1.29 is 22.1 Å².